The molecule has 8 atom stereocenters. The summed E-state index contributed by atoms with van der Waals surface area (Å²) in [5, 5.41) is 61.2. The zero-order valence-electron chi connectivity index (χ0n) is 40.0. The predicted molar refractivity (Wildman–Crippen MR) is 249 cm³/mol. The van der Waals surface area contributed by atoms with Crippen LogP contribution in [0.5, 0.6) is 5.75 Å². The van der Waals surface area contributed by atoms with Crippen LogP contribution in [-0.4, -0.2) is 166 Å². The smallest absolute Gasteiger partial charge is 0.413 e. The van der Waals surface area contributed by atoms with Crippen LogP contribution in [0, 0.1) is 10.8 Å². The normalized spacial score (nSPS) is 19.8. The summed E-state index contributed by atoms with van der Waals surface area (Å²) in [6.07, 6.45) is -7.10. The SMILES string of the molecule is C[C@H](O)[C@H](O)[C@@H](O)[C@@H](O)CN(CC(=O)NCCOC[C@@]12C[C@@H]1N(C(=O)CNC(=O)CCCOc1ccccc1)[C@H](C(=O)N[C@H](C)c1cc(C(=N)NC(=O)OC(C)(C)C)cs1)C2)C(=O)OC(C)(C)C. The average molecular weight is 976 g/mol. The van der Waals surface area contributed by atoms with Crippen molar-refractivity contribution in [2.75, 3.05) is 46.0 Å². The maximum Gasteiger partial charge on any atom is 0.413 e. The Labute approximate surface area is 400 Å². The van der Waals surface area contributed by atoms with Gasteiger partial charge < -0.3 is 60.2 Å². The van der Waals surface area contributed by atoms with Gasteiger partial charge in [-0.25, -0.2) is 9.59 Å². The number of thiophene rings is 1. The Morgan fingerprint density at radius 1 is 0.912 bits per heavy atom. The fourth-order valence-electron chi connectivity index (χ4n) is 7.43. The first-order chi connectivity index (χ1) is 31.8. The monoisotopic (exact) mass is 975 g/mol. The summed E-state index contributed by atoms with van der Waals surface area (Å²) in [4.78, 5) is 81.9. The molecule has 0 bridgehead atoms. The number of aliphatic hydroxyl groups is 4. The lowest BCUT2D eigenvalue weighted by molar-refractivity contribution is -0.140. The van der Waals surface area contributed by atoms with E-state index in [4.69, 9.17) is 24.4 Å². The van der Waals surface area contributed by atoms with E-state index in [0.29, 0.717) is 35.6 Å². The Balaban J connectivity index is 1.36. The number of ether oxygens (including phenoxy) is 4. The number of benzene rings is 1. The van der Waals surface area contributed by atoms with Gasteiger partial charge in [-0.1, -0.05) is 18.2 Å². The topological polar surface area (TPSA) is 299 Å². The molecule has 0 spiro atoms. The van der Waals surface area contributed by atoms with E-state index in [1.807, 2.05) is 30.3 Å². The Bertz CT molecular complexity index is 2060. The summed E-state index contributed by atoms with van der Waals surface area (Å²) >= 11 is 1.28. The molecular formula is C46H69N7O14S. The van der Waals surface area contributed by atoms with Crippen LogP contribution in [0.4, 0.5) is 9.59 Å². The van der Waals surface area contributed by atoms with Crippen molar-refractivity contribution in [2.24, 2.45) is 5.41 Å². The summed E-state index contributed by atoms with van der Waals surface area (Å²) in [6, 6.07) is 9.00. The number of carbonyl (C=O) groups excluding carboxylic acids is 6. The second-order valence-electron chi connectivity index (χ2n) is 19.2. The molecule has 2 fully saturated rings. The molecule has 0 radical (unpaired) electrons. The zero-order valence-corrected chi connectivity index (χ0v) is 40.9. The van der Waals surface area contributed by atoms with Crippen molar-refractivity contribution < 1.29 is 68.1 Å². The number of amides is 6. The minimum absolute atomic E-state index is 0.00624. The van der Waals surface area contributed by atoms with Crippen LogP contribution in [0.25, 0.3) is 0 Å². The number of hydrogen-bond donors (Lipinski definition) is 9. The van der Waals surface area contributed by atoms with Crippen LogP contribution in [0.2, 0.25) is 0 Å². The lowest BCUT2D eigenvalue weighted by atomic mass is 10.00. The second kappa shape index (κ2) is 24.2. The van der Waals surface area contributed by atoms with Crippen LogP contribution in [0.3, 0.4) is 0 Å². The molecule has 9 N–H and O–H groups in total. The third kappa shape index (κ3) is 17.0. The third-order valence-electron chi connectivity index (χ3n) is 10.9. The number of rotatable bonds is 23. The van der Waals surface area contributed by atoms with Gasteiger partial charge in [-0.15, -0.1) is 11.3 Å². The standard InChI is InChI=1S/C46H69N7O14S/c1-27(33-19-29(25-68-33)40(47)51-42(62)66-44(3,4)5)50-41(61)31-20-46(21-34(46)53(31)37(58)22-49-35(56)15-12-17-65-30-13-10-9-11-14-30)26-64-18-16-48-36(57)24-52(43(63)67-45(6,7)8)23-32(55)39(60)38(59)28(2)54/h9-11,13-14,19,25,27-28,31-32,34,38-39,54-55,59-60H,12,15-18,20-24,26H2,1-8H3,(H,48,57)(H,49,56)(H,50,61)(H2,47,51,62)/t27-,28+,31+,32+,34+,38+,39+,46-/m1/s1. The van der Waals surface area contributed by atoms with Gasteiger partial charge in [0.05, 0.1) is 45.1 Å². The number of alkyl carbamates (subject to hydrolysis) is 1. The fraction of sp³-hybridized carbons (Fsp3) is 0.630. The van der Waals surface area contributed by atoms with E-state index in [0.717, 1.165) is 4.90 Å². The number of amidine groups is 1. The molecule has 4 rings (SSSR count). The summed E-state index contributed by atoms with van der Waals surface area (Å²) in [7, 11) is 0. The lowest BCUT2D eigenvalue weighted by Crippen LogP contribution is -2.52. The molecule has 378 valence electrons. The Morgan fingerprint density at radius 2 is 1.59 bits per heavy atom. The van der Waals surface area contributed by atoms with Gasteiger partial charge in [0, 0.05) is 40.2 Å². The van der Waals surface area contributed by atoms with Crippen LogP contribution in [-0.2, 0) is 33.4 Å². The van der Waals surface area contributed by atoms with Crippen molar-refractivity contribution in [3.8, 4) is 5.75 Å². The summed E-state index contributed by atoms with van der Waals surface area (Å²) in [6.45, 7) is 11.8. The number of nitrogens with one attached hydrogen (secondary N) is 5. The van der Waals surface area contributed by atoms with E-state index in [2.05, 4.69) is 21.3 Å². The highest BCUT2D eigenvalue weighted by Gasteiger charge is 2.67. The average Bonchev–Trinajstić information content (AvgIpc) is 3.54. The maximum atomic E-state index is 14.0. The number of nitrogens with zero attached hydrogens (tertiary/aromatic N) is 2. The summed E-state index contributed by atoms with van der Waals surface area (Å²) in [5.74, 6) is -1.38. The highest BCUT2D eigenvalue weighted by Crippen LogP contribution is 2.59. The first-order valence-corrected chi connectivity index (χ1v) is 23.4. The molecule has 1 aromatic heterocycles. The van der Waals surface area contributed by atoms with Gasteiger partial charge in [-0.05, 0) is 92.9 Å². The van der Waals surface area contributed by atoms with Gasteiger partial charge in [0.2, 0.25) is 23.6 Å². The molecule has 2 aliphatic rings. The lowest BCUT2D eigenvalue weighted by Gasteiger charge is -2.31. The number of para-hydroxylation sites is 1. The predicted octanol–water partition coefficient (Wildman–Crippen LogP) is 1.94. The zero-order chi connectivity index (χ0) is 50.6. The molecule has 2 aromatic rings. The molecular weight excluding hydrogens is 907 g/mol. The van der Waals surface area contributed by atoms with Gasteiger partial charge in [0.15, 0.2) is 0 Å². The second-order valence-corrected chi connectivity index (χ2v) is 20.1. The van der Waals surface area contributed by atoms with Crippen LogP contribution in [0.15, 0.2) is 41.8 Å². The first-order valence-electron chi connectivity index (χ1n) is 22.6. The minimum atomic E-state index is -1.83. The van der Waals surface area contributed by atoms with Gasteiger partial charge in [0.1, 0.15) is 53.7 Å². The molecule has 22 heteroatoms. The van der Waals surface area contributed by atoms with Gasteiger partial charge >= 0.3 is 12.2 Å². The molecule has 1 aliphatic heterocycles. The molecule has 21 nitrogen and oxygen atoms in total. The molecule has 6 amide bonds. The Kier molecular flexibility index (Phi) is 19.7. The van der Waals surface area contributed by atoms with Crippen molar-refractivity contribution in [3.05, 3.63) is 52.2 Å². The van der Waals surface area contributed by atoms with Crippen LogP contribution >= 0.6 is 11.3 Å². The van der Waals surface area contributed by atoms with Crippen molar-refractivity contribution in [1.29, 1.82) is 5.41 Å². The molecule has 0 unspecified atom stereocenters. The molecule has 1 saturated carbocycles. The van der Waals surface area contributed by atoms with Gasteiger partial charge in [-0.2, -0.15) is 0 Å². The molecule has 2 heterocycles. The molecule has 1 aromatic carbocycles. The molecule has 1 aliphatic carbocycles. The molecule has 68 heavy (non-hydrogen) atoms. The Hall–Kier alpha value is -5.39. The minimum Gasteiger partial charge on any atom is -0.494 e. The van der Waals surface area contributed by atoms with E-state index >= 15 is 0 Å². The van der Waals surface area contributed by atoms with Crippen LogP contribution in [0.1, 0.15) is 97.6 Å². The highest BCUT2D eigenvalue weighted by atomic mass is 32.1. The Morgan fingerprint density at radius 3 is 2.24 bits per heavy atom. The number of hydrogen-bond acceptors (Lipinski definition) is 16. The number of fused-ring (bicyclic) bond motifs is 1. The van der Waals surface area contributed by atoms with Crippen LogP contribution < -0.4 is 26.0 Å². The number of carbonyl (C=O) groups is 6. The summed E-state index contributed by atoms with van der Waals surface area (Å²) in [5.41, 5.74) is -1.90. The largest absolute Gasteiger partial charge is 0.494 e. The fourth-order valence-corrected chi connectivity index (χ4v) is 8.33. The molecule has 1 saturated heterocycles. The van der Waals surface area contributed by atoms with E-state index < -0.39 is 96.1 Å². The van der Waals surface area contributed by atoms with Crippen molar-refractivity contribution in [2.45, 2.75) is 135 Å². The van der Waals surface area contributed by atoms with E-state index in [9.17, 15) is 49.2 Å². The number of likely N-dealkylation sites (tertiary alicyclic amines) is 1. The van der Waals surface area contributed by atoms with Gasteiger partial charge in [-0.3, -0.25) is 34.8 Å². The quantitative estimate of drug-likeness (QED) is 0.0437. The van der Waals surface area contributed by atoms with Gasteiger partial charge in [0.25, 0.3) is 0 Å². The van der Waals surface area contributed by atoms with E-state index in [-0.39, 0.29) is 56.9 Å². The number of piperidine rings is 1. The third-order valence-corrected chi connectivity index (χ3v) is 12.0. The van der Waals surface area contributed by atoms with Crippen molar-refractivity contribution >= 4 is 53.0 Å². The maximum absolute atomic E-state index is 14.0. The van der Waals surface area contributed by atoms with Crippen molar-refractivity contribution in [1.82, 2.24) is 31.1 Å². The van der Waals surface area contributed by atoms with Crippen molar-refractivity contribution in [3.63, 3.8) is 0 Å². The van der Waals surface area contributed by atoms with E-state index in [1.165, 1.54) is 23.2 Å². The first kappa shape index (κ1) is 55.2. The van der Waals surface area contributed by atoms with E-state index in [1.54, 1.807) is 59.9 Å². The summed E-state index contributed by atoms with van der Waals surface area (Å²) < 4.78 is 22.3. The number of aliphatic hydroxyl groups excluding tert-OH is 4. The highest BCUT2D eigenvalue weighted by molar-refractivity contribution is 7.10.